The normalized spacial score (nSPS) is 25.2. The molecular formula is C15H19N3O. The number of nitriles is 1. The fourth-order valence-corrected chi connectivity index (χ4v) is 2.46. The average Bonchev–Trinajstić information content (AvgIpc) is 2.38. The lowest BCUT2D eigenvalue weighted by molar-refractivity contribution is -0.128. The topological polar surface area (TPSA) is 56.1 Å². The van der Waals surface area contributed by atoms with Gasteiger partial charge in [0.05, 0.1) is 18.0 Å². The molecule has 0 aromatic heterocycles. The molecule has 0 heterocycles. The zero-order valence-electron chi connectivity index (χ0n) is 11.4. The number of carbonyl (C=O) groups excluding carboxylic acids is 1. The van der Waals surface area contributed by atoms with Gasteiger partial charge in [-0.1, -0.05) is 30.3 Å². The van der Waals surface area contributed by atoms with E-state index in [9.17, 15) is 10.1 Å². The van der Waals surface area contributed by atoms with Gasteiger partial charge in [0.2, 0.25) is 5.91 Å². The monoisotopic (exact) mass is 257 g/mol. The number of hydrogen-bond donors (Lipinski definition) is 1. The van der Waals surface area contributed by atoms with Crippen LogP contribution in [0.15, 0.2) is 30.3 Å². The Morgan fingerprint density at radius 3 is 2.58 bits per heavy atom. The molecule has 4 heteroatoms. The van der Waals surface area contributed by atoms with Crippen LogP contribution in [0, 0.1) is 11.3 Å². The zero-order chi connectivity index (χ0) is 13.9. The summed E-state index contributed by atoms with van der Waals surface area (Å²) in [7, 11) is 3.49. The molecular weight excluding hydrogens is 238 g/mol. The van der Waals surface area contributed by atoms with E-state index in [2.05, 4.69) is 11.4 Å². The van der Waals surface area contributed by atoms with Gasteiger partial charge in [-0.05, 0) is 18.4 Å². The maximum atomic E-state index is 11.5. The van der Waals surface area contributed by atoms with Crippen molar-refractivity contribution >= 4 is 5.91 Å². The van der Waals surface area contributed by atoms with Crippen LogP contribution in [-0.2, 0) is 10.2 Å². The molecule has 1 amide bonds. The van der Waals surface area contributed by atoms with Crippen LogP contribution in [0.4, 0.5) is 0 Å². The Balaban J connectivity index is 1.90. The zero-order valence-corrected chi connectivity index (χ0v) is 11.4. The van der Waals surface area contributed by atoms with E-state index in [1.54, 1.807) is 19.0 Å². The lowest BCUT2D eigenvalue weighted by Gasteiger charge is -2.43. The minimum Gasteiger partial charge on any atom is -0.348 e. The maximum absolute atomic E-state index is 11.5. The van der Waals surface area contributed by atoms with Gasteiger partial charge in [0, 0.05) is 20.1 Å². The summed E-state index contributed by atoms with van der Waals surface area (Å²) in [5, 5.41) is 12.6. The van der Waals surface area contributed by atoms with Crippen molar-refractivity contribution in [2.45, 2.75) is 24.3 Å². The van der Waals surface area contributed by atoms with Gasteiger partial charge >= 0.3 is 0 Å². The largest absolute Gasteiger partial charge is 0.348 e. The predicted octanol–water partition coefficient (Wildman–Crippen LogP) is 1.29. The Hall–Kier alpha value is -1.86. The number of nitrogens with one attached hydrogen (secondary N) is 1. The van der Waals surface area contributed by atoms with Crippen LogP contribution in [-0.4, -0.2) is 37.5 Å². The molecule has 0 aliphatic heterocycles. The van der Waals surface area contributed by atoms with E-state index >= 15 is 0 Å². The summed E-state index contributed by atoms with van der Waals surface area (Å²) in [6.45, 7) is 0.341. The second kappa shape index (κ2) is 5.41. The van der Waals surface area contributed by atoms with Crippen molar-refractivity contribution in [1.29, 1.82) is 5.26 Å². The van der Waals surface area contributed by atoms with Gasteiger partial charge in [-0.15, -0.1) is 0 Å². The summed E-state index contributed by atoms with van der Waals surface area (Å²) in [4.78, 5) is 13.1. The molecule has 4 nitrogen and oxygen atoms in total. The van der Waals surface area contributed by atoms with Gasteiger partial charge in [-0.3, -0.25) is 4.79 Å². The lowest BCUT2D eigenvalue weighted by atomic mass is 9.62. The highest BCUT2D eigenvalue weighted by Crippen LogP contribution is 2.43. The molecule has 1 saturated carbocycles. The van der Waals surface area contributed by atoms with Crippen LogP contribution >= 0.6 is 0 Å². The lowest BCUT2D eigenvalue weighted by Crippen LogP contribution is -2.52. The van der Waals surface area contributed by atoms with E-state index in [0.717, 1.165) is 18.4 Å². The molecule has 1 aliphatic carbocycles. The van der Waals surface area contributed by atoms with Gasteiger partial charge in [0.25, 0.3) is 0 Å². The van der Waals surface area contributed by atoms with Crippen LogP contribution in [0.5, 0.6) is 0 Å². The minimum absolute atomic E-state index is 0.0640. The summed E-state index contributed by atoms with van der Waals surface area (Å²) in [5.74, 6) is 0.0640. The van der Waals surface area contributed by atoms with Crippen molar-refractivity contribution in [3.05, 3.63) is 35.9 Å². The number of hydrogen-bond acceptors (Lipinski definition) is 3. The number of benzene rings is 1. The van der Waals surface area contributed by atoms with E-state index in [4.69, 9.17) is 0 Å². The Morgan fingerprint density at radius 1 is 1.42 bits per heavy atom. The molecule has 19 heavy (non-hydrogen) atoms. The standard InChI is InChI=1S/C15H19N3O/c1-18(2)14(19)10-17-13-8-15(9-13,11-16)12-6-4-3-5-7-12/h3-7,13,17H,8-10H2,1-2H3. The smallest absolute Gasteiger partial charge is 0.236 e. The summed E-state index contributed by atoms with van der Waals surface area (Å²) < 4.78 is 0. The number of rotatable bonds is 4. The number of nitrogens with zero attached hydrogens (tertiary/aromatic N) is 2. The molecule has 0 spiro atoms. The summed E-state index contributed by atoms with van der Waals surface area (Å²) in [6, 6.07) is 12.6. The summed E-state index contributed by atoms with van der Waals surface area (Å²) in [6.07, 6.45) is 1.54. The van der Waals surface area contributed by atoms with Crippen molar-refractivity contribution in [1.82, 2.24) is 10.2 Å². The molecule has 0 saturated heterocycles. The quantitative estimate of drug-likeness (QED) is 0.884. The van der Waals surface area contributed by atoms with Crippen LogP contribution in [0.25, 0.3) is 0 Å². The predicted molar refractivity (Wildman–Crippen MR) is 73.5 cm³/mol. The molecule has 1 fully saturated rings. The van der Waals surface area contributed by atoms with Crippen LogP contribution < -0.4 is 5.32 Å². The van der Waals surface area contributed by atoms with Gasteiger partial charge in [-0.25, -0.2) is 0 Å². The molecule has 100 valence electrons. The summed E-state index contributed by atoms with van der Waals surface area (Å²) in [5.41, 5.74) is 0.703. The Labute approximate surface area is 114 Å². The van der Waals surface area contributed by atoms with E-state index in [1.165, 1.54) is 0 Å². The summed E-state index contributed by atoms with van der Waals surface area (Å²) >= 11 is 0. The number of amides is 1. The van der Waals surface area contributed by atoms with Crippen molar-refractivity contribution in [2.24, 2.45) is 0 Å². The second-order valence-electron chi connectivity index (χ2n) is 5.33. The first-order valence-corrected chi connectivity index (χ1v) is 6.48. The van der Waals surface area contributed by atoms with E-state index < -0.39 is 0 Å². The Kier molecular flexibility index (Phi) is 3.87. The first-order valence-electron chi connectivity index (χ1n) is 6.48. The third-order valence-electron chi connectivity index (χ3n) is 3.77. The molecule has 0 radical (unpaired) electrons. The van der Waals surface area contributed by atoms with E-state index in [0.29, 0.717) is 6.54 Å². The SMILES string of the molecule is CN(C)C(=O)CNC1CC(C#N)(c2ccccc2)C1. The highest BCUT2D eigenvalue weighted by molar-refractivity contribution is 5.77. The first kappa shape index (κ1) is 13.6. The third-order valence-corrected chi connectivity index (χ3v) is 3.77. The fourth-order valence-electron chi connectivity index (χ4n) is 2.46. The molecule has 0 unspecified atom stereocenters. The molecule has 2 rings (SSSR count). The molecule has 0 atom stereocenters. The second-order valence-corrected chi connectivity index (χ2v) is 5.33. The van der Waals surface area contributed by atoms with E-state index in [1.807, 2.05) is 30.3 Å². The Bertz CT molecular complexity index is 484. The van der Waals surface area contributed by atoms with Gasteiger partial charge in [0.1, 0.15) is 0 Å². The van der Waals surface area contributed by atoms with Gasteiger partial charge < -0.3 is 10.2 Å². The van der Waals surface area contributed by atoms with Gasteiger partial charge in [0.15, 0.2) is 0 Å². The van der Waals surface area contributed by atoms with Gasteiger partial charge in [-0.2, -0.15) is 5.26 Å². The average molecular weight is 257 g/mol. The van der Waals surface area contributed by atoms with Crippen molar-refractivity contribution in [2.75, 3.05) is 20.6 Å². The first-order chi connectivity index (χ1) is 9.07. The third kappa shape index (κ3) is 2.77. The highest BCUT2D eigenvalue weighted by Gasteiger charge is 2.45. The molecule has 1 N–H and O–H groups in total. The maximum Gasteiger partial charge on any atom is 0.236 e. The minimum atomic E-state index is -0.375. The highest BCUT2D eigenvalue weighted by atomic mass is 16.2. The van der Waals surface area contributed by atoms with Crippen molar-refractivity contribution < 1.29 is 4.79 Å². The van der Waals surface area contributed by atoms with Crippen LogP contribution in [0.3, 0.4) is 0 Å². The van der Waals surface area contributed by atoms with Crippen LogP contribution in [0.1, 0.15) is 18.4 Å². The Morgan fingerprint density at radius 2 is 2.05 bits per heavy atom. The number of carbonyl (C=O) groups is 1. The van der Waals surface area contributed by atoms with Crippen LogP contribution in [0.2, 0.25) is 0 Å². The molecule has 1 aromatic rings. The molecule has 1 aliphatic rings. The number of likely N-dealkylation sites (N-methyl/N-ethyl adjacent to an activating group) is 1. The van der Waals surface area contributed by atoms with E-state index in [-0.39, 0.29) is 17.4 Å². The molecule has 1 aromatic carbocycles. The fraction of sp³-hybridized carbons (Fsp3) is 0.467. The van der Waals surface area contributed by atoms with Crippen molar-refractivity contribution in [3.8, 4) is 6.07 Å². The van der Waals surface area contributed by atoms with Crippen molar-refractivity contribution in [3.63, 3.8) is 0 Å². The molecule has 0 bridgehead atoms.